The molecular formula is C16H19ClN4O. The van der Waals surface area contributed by atoms with Crippen molar-refractivity contribution in [3.8, 4) is 5.69 Å². The largest absolute Gasteiger partial charge is 0.333 e. The van der Waals surface area contributed by atoms with Gasteiger partial charge >= 0.3 is 0 Å². The Kier molecular flexibility index (Phi) is 4.18. The maximum atomic E-state index is 12.6. The van der Waals surface area contributed by atoms with Crippen LogP contribution < -0.4 is 0 Å². The zero-order valence-electron chi connectivity index (χ0n) is 12.7. The smallest absolute Gasteiger partial charge is 0.257 e. The van der Waals surface area contributed by atoms with Gasteiger partial charge in [0.15, 0.2) is 0 Å². The van der Waals surface area contributed by atoms with E-state index in [1.165, 1.54) is 0 Å². The van der Waals surface area contributed by atoms with Crippen molar-refractivity contribution >= 4 is 17.5 Å². The van der Waals surface area contributed by atoms with Crippen LogP contribution in [0, 0.1) is 0 Å². The van der Waals surface area contributed by atoms with Crippen LogP contribution in [0.4, 0.5) is 0 Å². The van der Waals surface area contributed by atoms with Gasteiger partial charge in [0, 0.05) is 36.9 Å². The first kappa shape index (κ1) is 15.1. The van der Waals surface area contributed by atoms with Crippen LogP contribution in [0.1, 0.15) is 17.3 Å². The fourth-order valence-electron chi connectivity index (χ4n) is 2.78. The van der Waals surface area contributed by atoms with E-state index in [1.54, 1.807) is 17.1 Å². The first-order chi connectivity index (χ1) is 10.5. The van der Waals surface area contributed by atoms with Gasteiger partial charge in [0.05, 0.1) is 17.4 Å². The molecule has 0 spiro atoms. The van der Waals surface area contributed by atoms with E-state index in [2.05, 4.69) is 24.0 Å². The fraction of sp³-hybridized carbons (Fsp3) is 0.375. The van der Waals surface area contributed by atoms with E-state index >= 15 is 0 Å². The van der Waals surface area contributed by atoms with Crippen molar-refractivity contribution in [1.29, 1.82) is 0 Å². The van der Waals surface area contributed by atoms with Gasteiger partial charge in [-0.1, -0.05) is 11.6 Å². The van der Waals surface area contributed by atoms with Gasteiger partial charge in [-0.3, -0.25) is 4.79 Å². The summed E-state index contributed by atoms with van der Waals surface area (Å²) in [6.07, 6.45) is 3.40. The third-order valence-corrected chi connectivity index (χ3v) is 4.26. The minimum atomic E-state index is 0.0424. The molecule has 3 rings (SSSR count). The molecule has 6 heteroatoms. The Morgan fingerprint density at radius 2 is 2.00 bits per heavy atom. The summed E-state index contributed by atoms with van der Waals surface area (Å²) < 4.78 is 1.70. The molecule has 1 fully saturated rings. The van der Waals surface area contributed by atoms with Crippen LogP contribution in [0.5, 0.6) is 0 Å². The Balaban J connectivity index is 1.78. The van der Waals surface area contributed by atoms with Gasteiger partial charge in [0.2, 0.25) is 0 Å². The van der Waals surface area contributed by atoms with Crippen LogP contribution in [-0.4, -0.2) is 58.2 Å². The van der Waals surface area contributed by atoms with Crippen LogP contribution in [0.25, 0.3) is 5.69 Å². The summed E-state index contributed by atoms with van der Waals surface area (Å²) in [6.45, 7) is 4.64. The maximum Gasteiger partial charge on any atom is 0.257 e. The molecule has 1 aromatic heterocycles. The van der Waals surface area contributed by atoms with Crippen LogP contribution in [-0.2, 0) is 0 Å². The van der Waals surface area contributed by atoms with Crippen molar-refractivity contribution in [3.05, 3.63) is 47.2 Å². The molecule has 22 heavy (non-hydrogen) atoms. The number of amides is 1. The third kappa shape index (κ3) is 3.00. The van der Waals surface area contributed by atoms with E-state index in [0.29, 0.717) is 10.6 Å². The topological polar surface area (TPSA) is 41.4 Å². The molecule has 0 radical (unpaired) electrons. The summed E-state index contributed by atoms with van der Waals surface area (Å²) in [5, 5.41) is 4.97. The SMILES string of the molecule is CC1CN(C)CCN1C(=O)c1cnn(-c2ccc(Cl)cc2)c1. The number of halogens is 1. The van der Waals surface area contributed by atoms with Crippen molar-refractivity contribution in [3.63, 3.8) is 0 Å². The second kappa shape index (κ2) is 6.10. The molecule has 2 aromatic rings. The first-order valence-electron chi connectivity index (χ1n) is 7.35. The Morgan fingerprint density at radius 3 is 2.68 bits per heavy atom. The third-order valence-electron chi connectivity index (χ3n) is 4.01. The number of nitrogens with zero attached hydrogens (tertiary/aromatic N) is 4. The standard InChI is InChI=1S/C16H19ClN4O/c1-12-10-19(2)7-8-20(12)16(22)13-9-18-21(11-13)15-5-3-14(17)4-6-15/h3-6,9,11-12H,7-8,10H2,1-2H3. The summed E-state index contributed by atoms with van der Waals surface area (Å²) in [7, 11) is 2.08. The Bertz CT molecular complexity index is 667. The Labute approximate surface area is 135 Å². The van der Waals surface area contributed by atoms with Crippen molar-refractivity contribution in [1.82, 2.24) is 19.6 Å². The molecule has 1 aliphatic rings. The minimum Gasteiger partial charge on any atom is -0.333 e. The van der Waals surface area contributed by atoms with Crippen molar-refractivity contribution in [2.24, 2.45) is 0 Å². The van der Waals surface area contributed by atoms with Gasteiger partial charge in [-0.15, -0.1) is 0 Å². The highest BCUT2D eigenvalue weighted by Gasteiger charge is 2.27. The van der Waals surface area contributed by atoms with Gasteiger partial charge in [-0.25, -0.2) is 4.68 Å². The average molecular weight is 319 g/mol. The minimum absolute atomic E-state index is 0.0424. The molecule has 2 heterocycles. The van der Waals surface area contributed by atoms with E-state index in [9.17, 15) is 4.79 Å². The van der Waals surface area contributed by atoms with Gasteiger partial charge in [0.1, 0.15) is 0 Å². The van der Waals surface area contributed by atoms with E-state index in [4.69, 9.17) is 11.6 Å². The molecule has 1 atom stereocenters. The maximum absolute atomic E-state index is 12.6. The number of carbonyl (C=O) groups is 1. The monoisotopic (exact) mass is 318 g/mol. The predicted octanol–water partition coefficient (Wildman–Crippen LogP) is 2.30. The molecule has 0 aliphatic carbocycles. The highest BCUT2D eigenvalue weighted by molar-refractivity contribution is 6.30. The number of piperazine rings is 1. The lowest BCUT2D eigenvalue weighted by Crippen LogP contribution is -2.52. The van der Waals surface area contributed by atoms with E-state index in [1.807, 2.05) is 29.2 Å². The summed E-state index contributed by atoms with van der Waals surface area (Å²) in [6, 6.07) is 7.58. The Morgan fingerprint density at radius 1 is 1.27 bits per heavy atom. The predicted molar refractivity (Wildman–Crippen MR) is 86.6 cm³/mol. The number of hydrogen-bond acceptors (Lipinski definition) is 3. The van der Waals surface area contributed by atoms with Crippen molar-refractivity contribution < 1.29 is 4.79 Å². The summed E-state index contributed by atoms with van der Waals surface area (Å²) in [5.74, 6) is 0.0424. The molecule has 1 unspecified atom stereocenters. The normalized spacial score (nSPS) is 19.4. The molecule has 5 nitrogen and oxygen atoms in total. The summed E-state index contributed by atoms with van der Waals surface area (Å²) in [5.41, 5.74) is 1.50. The number of rotatable bonds is 2. The number of aromatic nitrogens is 2. The number of hydrogen-bond donors (Lipinski definition) is 0. The molecule has 0 saturated carbocycles. The lowest BCUT2D eigenvalue weighted by Gasteiger charge is -2.38. The summed E-state index contributed by atoms with van der Waals surface area (Å²) in [4.78, 5) is 16.8. The molecule has 116 valence electrons. The molecule has 1 aliphatic heterocycles. The number of benzene rings is 1. The molecular weight excluding hydrogens is 300 g/mol. The second-order valence-corrected chi connectivity index (χ2v) is 6.20. The zero-order valence-corrected chi connectivity index (χ0v) is 13.5. The lowest BCUT2D eigenvalue weighted by atomic mass is 10.1. The fourth-order valence-corrected chi connectivity index (χ4v) is 2.90. The highest BCUT2D eigenvalue weighted by Crippen LogP contribution is 2.16. The van der Waals surface area contributed by atoms with Crippen molar-refractivity contribution in [2.45, 2.75) is 13.0 Å². The molecule has 1 saturated heterocycles. The van der Waals surface area contributed by atoms with E-state index < -0.39 is 0 Å². The molecule has 0 N–H and O–H groups in total. The van der Waals surface area contributed by atoms with Crippen LogP contribution in [0.2, 0.25) is 5.02 Å². The molecule has 0 bridgehead atoms. The van der Waals surface area contributed by atoms with Crippen LogP contribution in [0.3, 0.4) is 0 Å². The number of likely N-dealkylation sites (N-methyl/N-ethyl adjacent to an activating group) is 1. The van der Waals surface area contributed by atoms with Gasteiger partial charge < -0.3 is 9.80 Å². The van der Waals surface area contributed by atoms with Crippen LogP contribution in [0.15, 0.2) is 36.7 Å². The van der Waals surface area contributed by atoms with Gasteiger partial charge in [0.25, 0.3) is 5.91 Å². The lowest BCUT2D eigenvalue weighted by molar-refractivity contribution is 0.0533. The first-order valence-corrected chi connectivity index (χ1v) is 7.72. The number of carbonyl (C=O) groups excluding carboxylic acids is 1. The van der Waals surface area contributed by atoms with Crippen molar-refractivity contribution in [2.75, 3.05) is 26.7 Å². The molecule has 1 aromatic carbocycles. The zero-order chi connectivity index (χ0) is 15.7. The van der Waals surface area contributed by atoms with Crippen LogP contribution >= 0.6 is 11.6 Å². The van der Waals surface area contributed by atoms with E-state index in [0.717, 1.165) is 25.3 Å². The van der Waals surface area contributed by atoms with E-state index in [-0.39, 0.29) is 11.9 Å². The molecule has 1 amide bonds. The van der Waals surface area contributed by atoms with Gasteiger partial charge in [-0.05, 0) is 38.2 Å². The highest BCUT2D eigenvalue weighted by atomic mass is 35.5. The quantitative estimate of drug-likeness (QED) is 0.853. The Hall–Kier alpha value is -1.85. The second-order valence-electron chi connectivity index (χ2n) is 5.76. The summed E-state index contributed by atoms with van der Waals surface area (Å²) >= 11 is 5.89. The van der Waals surface area contributed by atoms with Gasteiger partial charge in [-0.2, -0.15) is 5.10 Å². The average Bonchev–Trinajstić information content (AvgIpc) is 2.97.